The van der Waals surface area contributed by atoms with Gasteiger partial charge in [0.25, 0.3) is 0 Å². The fraction of sp³-hybridized carbons (Fsp3) is 0.400. The standard InChI is InChI=1S/C15H20N6OS/c1-17-13-12(16)14(21-6-8-22-9-7-21)20-15(19-13)23-10-11-2-4-18-5-3-11/h2-5H,6-10,16H2,1H3,(H,17,19,20). The molecule has 23 heavy (non-hydrogen) atoms. The first-order valence-corrected chi connectivity index (χ1v) is 8.46. The monoisotopic (exact) mass is 332 g/mol. The number of aromatic nitrogens is 3. The summed E-state index contributed by atoms with van der Waals surface area (Å²) in [5.74, 6) is 2.24. The second-order valence-corrected chi connectivity index (χ2v) is 6.03. The van der Waals surface area contributed by atoms with E-state index in [-0.39, 0.29) is 0 Å². The molecule has 0 amide bonds. The number of nitrogen functional groups attached to an aromatic ring is 1. The number of nitrogens with zero attached hydrogens (tertiary/aromatic N) is 4. The smallest absolute Gasteiger partial charge is 0.191 e. The van der Waals surface area contributed by atoms with Gasteiger partial charge in [0.05, 0.1) is 13.2 Å². The van der Waals surface area contributed by atoms with E-state index in [4.69, 9.17) is 10.5 Å². The van der Waals surface area contributed by atoms with Crippen molar-refractivity contribution in [1.29, 1.82) is 0 Å². The molecule has 0 unspecified atom stereocenters. The van der Waals surface area contributed by atoms with Crippen LogP contribution in [-0.2, 0) is 10.5 Å². The second kappa shape index (κ2) is 7.47. The lowest BCUT2D eigenvalue weighted by Crippen LogP contribution is -2.37. The molecule has 7 nitrogen and oxygen atoms in total. The Morgan fingerprint density at radius 1 is 1.26 bits per heavy atom. The van der Waals surface area contributed by atoms with Crippen LogP contribution in [0.25, 0.3) is 0 Å². The minimum atomic E-state index is 0.586. The van der Waals surface area contributed by atoms with Crippen molar-refractivity contribution in [2.24, 2.45) is 0 Å². The van der Waals surface area contributed by atoms with Gasteiger partial charge in [0.1, 0.15) is 5.69 Å². The Bertz CT molecular complexity index is 648. The Hall–Kier alpha value is -2.06. The summed E-state index contributed by atoms with van der Waals surface area (Å²) in [7, 11) is 1.82. The van der Waals surface area contributed by atoms with E-state index in [0.29, 0.717) is 29.9 Å². The minimum absolute atomic E-state index is 0.586. The van der Waals surface area contributed by atoms with Gasteiger partial charge in [-0.2, -0.15) is 0 Å². The lowest BCUT2D eigenvalue weighted by molar-refractivity contribution is 0.122. The van der Waals surface area contributed by atoms with Crippen LogP contribution in [0.15, 0.2) is 29.7 Å². The molecule has 0 saturated carbocycles. The number of pyridine rings is 1. The number of nitrogens with one attached hydrogen (secondary N) is 1. The zero-order valence-corrected chi connectivity index (χ0v) is 13.8. The maximum absolute atomic E-state index is 6.21. The van der Waals surface area contributed by atoms with Gasteiger partial charge in [-0.05, 0) is 17.7 Å². The van der Waals surface area contributed by atoms with Gasteiger partial charge >= 0.3 is 0 Å². The molecule has 0 atom stereocenters. The van der Waals surface area contributed by atoms with Crippen LogP contribution in [-0.4, -0.2) is 48.3 Å². The molecule has 122 valence electrons. The highest BCUT2D eigenvalue weighted by atomic mass is 32.2. The molecule has 8 heteroatoms. The van der Waals surface area contributed by atoms with Crippen molar-refractivity contribution in [3.8, 4) is 0 Å². The summed E-state index contributed by atoms with van der Waals surface area (Å²) in [4.78, 5) is 15.3. The highest BCUT2D eigenvalue weighted by Gasteiger charge is 2.19. The lowest BCUT2D eigenvalue weighted by Gasteiger charge is -2.29. The second-order valence-electron chi connectivity index (χ2n) is 5.09. The van der Waals surface area contributed by atoms with Crippen LogP contribution in [0.5, 0.6) is 0 Å². The van der Waals surface area contributed by atoms with Crippen LogP contribution in [0, 0.1) is 0 Å². The van der Waals surface area contributed by atoms with Gasteiger partial charge in [-0.1, -0.05) is 11.8 Å². The van der Waals surface area contributed by atoms with Gasteiger partial charge in [0, 0.05) is 38.3 Å². The maximum atomic E-state index is 6.21. The Morgan fingerprint density at radius 2 is 2.00 bits per heavy atom. The van der Waals surface area contributed by atoms with E-state index in [1.165, 1.54) is 5.56 Å². The zero-order valence-electron chi connectivity index (χ0n) is 13.0. The fourth-order valence-corrected chi connectivity index (χ4v) is 3.13. The number of rotatable bonds is 5. The average molecular weight is 332 g/mol. The third-order valence-electron chi connectivity index (χ3n) is 3.57. The summed E-state index contributed by atoms with van der Waals surface area (Å²) in [6.07, 6.45) is 3.58. The molecule has 0 spiro atoms. The molecule has 1 aliphatic rings. The number of nitrogens with two attached hydrogens (primary N) is 1. The predicted octanol–water partition coefficient (Wildman–Crippen LogP) is 1.62. The summed E-state index contributed by atoms with van der Waals surface area (Å²) in [6, 6.07) is 3.98. The summed E-state index contributed by atoms with van der Waals surface area (Å²) in [5.41, 5.74) is 7.98. The highest BCUT2D eigenvalue weighted by Crippen LogP contribution is 2.31. The van der Waals surface area contributed by atoms with Crippen molar-refractivity contribution in [1.82, 2.24) is 15.0 Å². The number of thioether (sulfide) groups is 1. The first kappa shape index (κ1) is 15.8. The van der Waals surface area contributed by atoms with Crippen molar-refractivity contribution >= 4 is 29.1 Å². The van der Waals surface area contributed by atoms with Gasteiger partial charge in [-0.3, -0.25) is 4.98 Å². The Kier molecular flexibility index (Phi) is 5.14. The topological polar surface area (TPSA) is 89.2 Å². The molecular weight excluding hydrogens is 312 g/mol. The van der Waals surface area contributed by atoms with Crippen LogP contribution in [0.2, 0.25) is 0 Å². The number of anilines is 3. The van der Waals surface area contributed by atoms with Gasteiger partial charge in [0.15, 0.2) is 16.8 Å². The molecule has 3 rings (SSSR count). The molecule has 3 heterocycles. The number of ether oxygens (including phenoxy) is 1. The van der Waals surface area contributed by atoms with Crippen LogP contribution in [0.4, 0.5) is 17.3 Å². The summed E-state index contributed by atoms with van der Waals surface area (Å²) in [5, 5.41) is 3.77. The molecule has 1 aliphatic heterocycles. The normalized spacial score (nSPS) is 14.7. The molecular formula is C15H20N6OS. The quantitative estimate of drug-likeness (QED) is 0.631. The van der Waals surface area contributed by atoms with E-state index in [1.54, 1.807) is 24.2 Å². The molecule has 1 saturated heterocycles. The third-order valence-corrected chi connectivity index (χ3v) is 4.49. The van der Waals surface area contributed by atoms with Crippen molar-refractivity contribution in [2.75, 3.05) is 49.3 Å². The first-order valence-electron chi connectivity index (χ1n) is 7.47. The van der Waals surface area contributed by atoms with E-state index in [0.717, 1.165) is 24.7 Å². The Labute approximate surface area is 139 Å². The number of morpholine rings is 1. The summed E-state index contributed by atoms with van der Waals surface area (Å²) >= 11 is 1.59. The molecule has 1 fully saturated rings. The zero-order chi connectivity index (χ0) is 16.1. The average Bonchev–Trinajstić information content (AvgIpc) is 2.62. The van der Waals surface area contributed by atoms with Gasteiger partial charge in [-0.25, -0.2) is 9.97 Å². The van der Waals surface area contributed by atoms with Crippen LogP contribution in [0.3, 0.4) is 0 Å². The molecule has 3 N–H and O–H groups in total. The Morgan fingerprint density at radius 3 is 2.70 bits per heavy atom. The molecule has 2 aromatic heterocycles. The molecule has 2 aromatic rings. The Balaban J connectivity index is 1.82. The van der Waals surface area contributed by atoms with E-state index in [1.807, 2.05) is 19.2 Å². The van der Waals surface area contributed by atoms with Crippen LogP contribution < -0.4 is 16.0 Å². The number of hydrogen-bond donors (Lipinski definition) is 2. The predicted molar refractivity (Wildman–Crippen MR) is 92.8 cm³/mol. The third kappa shape index (κ3) is 3.83. The van der Waals surface area contributed by atoms with Crippen LogP contribution in [0.1, 0.15) is 5.56 Å². The van der Waals surface area contributed by atoms with Gasteiger partial charge < -0.3 is 20.7 Å². The van der Waals surface area contributed by atoms with E-state index in [2.05, 4.69) is 25.2 Å². The molecule has 0 bridgehead atoms. The van der Waals surface area contributed by atoms with Crippen molar-refractivity contribution in [3.63, 3.8) is 0 Å². The molecule has 0 aliphatic carbocycles. The SMILES string of the molecule is CNc1nc(SCc2ccncc2)nc(N2CCOCC2)c1N. The fourth-order valence-electron chi connectivity index (χ4n) is 2.34. The van der Waals surface area contributed by atoms with Crippen LogP contribution >= 0.6 is 11.8 Å². The van der Waals surface area contributed by atoms with Gasteiger partial charge in [0.2, 0.25) is 0 Å². The van der Waals surface area contributed by atoms with E-state index in [9.17, 15) is 0 Å². The van der Waals surface area contributed by atoms with Gasteiger partial charge in [-0.15, -0.1) is 0 Å². The van der Waals surface area contributed by atoms with Crippen molar-refractivity contribution in [3.05, 3.63) is 30.1 Å². The maximum Gasteiger partial charge on any atom is 0.191 e. The minimum Gasteiger partial charge on any atom is -0.393 e. The summed E-state index contributed by atoms with van der Waals surface area (Å²) in [6.45, 7) is 2.97. The molecule has 0 aromatic carbocycles. The highest BCUT2D eigenvalue weighted by molar-refractivity contribution is 7.98. The number of hydrogen-bond acceptors (Lipinski definition) is 8. The molecule has 0 radical (unpaired) electrons. The summed E-state index contributed by atoms with van der Waals surface area (Å²) < 4.78 is 5.40. The largest absolute Gasteiger partial charge is 0.393 e. The lowest BCUT2D eigenvalue weighted by atomic mass is 10.3. The van der Waals surface area contributed by atoms with E-state index < -0.39 is 0 Å². The first-order chi connectivity index (χ1) is 11.3. The van der Waals surface area contributed by atoms with E-state index >= 15 is 0 Å². The van der Waals surface area contributed by atoms with Crippen molar-refractivity contribution < 1.29 is 4.74 Å². The van der Waals surface area contributed by atoms with Crippen molar-refractivity contribution in [2.45, 2.75) is 10.9 Å².